The average molecular weight is 164 g/mol. The maximum Gasteiger partial charge on any atom is 0.115 e. The molecule has 1 aromatic carbocycles. The van der Waals surface area contributed by atoms with Gasteiger partial charge in [-0.2, -0.15) is 0 Å². The number of hydrogen-bond acceptors (Lipinski definition) is 1. The van der Waals surface area contributed by atoms with Crippen molar-refractivity contribution in [3.63, 3.8) is 0 Å². The quantitative estimate of drug-likeness (QED) is 0.624. The van der Waals surface area contributed by atoms with E-state index in [4.69, 9.17) is 5.11 Å². The first-order valence-corrected chi connectivity index (χ1v) is 3.13. The third-order valence-corrected chi connectivity index (χ3v) is 0.756. The van der Waals surface area contributed by atoms with E-state index in [0.717, 1.165) is 0 Å². The van der Waals surface area contributed by atoms with Gasteiger partial charge >= 0.3 is 0 Å². The topological polar surface area (TPSA) is 20.2 Å². The van der Waals surface area contributed by atoms with Gasteiger partial charge in [-0.25, -0.2) is 0 Å². The molecule has 2 heteroatoms. The minimum atomic E-state index is 0. The van der Waals surface area contributed by atoms with Gasteiger partial charge in [-0.1, -0.05) is 32.0 Å². The number of rotatable bonds is 0. The van der Waals surface area contributed by atoms with Crippen LogP contribution in [-0.4, -0.2) is 5.11 Å². The van der Waals surface area contributed by atoms with Crippen molar-refractivity contribution >= 4 is 0 Å². The number of hydrogen-bond donors (Lipinski definition) is 1. The Bertz CT molecular complexity index is 139. The normalized spacial score (nSPS) is 6.60. The first-order chi connectivity index (χ1) is 4.39. The first kappa shape index (κ1) is 12.9. The summed E-state index contributed by atoms with van der Waals surface area (Å²) in [7, 11) is 0. The summed E-state index contributed by atoms with van der Waals surface area (Å²) in [4.78, 5) is 0. The van der Waals surface area contributed by atoms with E-state index >= 15 is 0 Å². The van der Waals surface area contributed by atoms with E-state index in [0.29, 0.717) is 5.75 Å². The van der Waals surface area contributed by atoms with Crippen molar-refractivity contribution in [2.75, 3.05) is 0 Å². The van der Waals surface area contributed by atoms with Gasteiger partial charge in [0.1, 0.15) is 5.75 Å². The van der Waals surface area contributed by atoms with E-state index in [2.05, 4.69) is 0 Å². The third kappa shape index (κ3) is 6.40. The van der Waals surface area contributed by atoms with Gasteiger partial charge in [0.15, 0.2) is 0 Å². The molecule has 0 aliphatic rings. The zero-order chi connectivity index (χ0) is 7.11. The van der Waals surface area contributed by atoms with Gasteiger partial charge in [-0.3, -0.25) is 0 Å². The molecular formula is C8H12ArO. The summed E-state index contributed by atoms with van der Waals surface area (Å²) in [6.45, 7) is 4.00. The van der Waals surface area contributed by atoms with Gasteiger partial charge in [-0.05, 0) is 12.1 Å². The Morgan fingerprint density at radius 3 is 1.60 bits per heavy atom. The second-order valence-electron chi connectivity index (χ2n) is 1.34. The fraction of sp³-hybridized carbons (Fsp3) is 0.250. The number of phenolic OH excluding ortho intramolecular Hbond substituents is 1. The van der Waals surface area contributed by atoms with Crippen molar-refractivity contribution in [2.24, 2.45) is 0 Å². The Morgan fingerprint density at radius 1 is 1.00 bits per heavy atom. The van der Waals surface area contributed by atoms with E-state index in [-0.39, 0.29) is 37.7 Å². The Hall–Kier alpha value is 0.280. The Labute approximate surface area is 92.1 Å². The van der Waals surface area contributed by atoms with Crippen molar-refractivity contribution < 1.29 is 42.8 Å². The Kier molecular flexibility index (Phi) is 12.0. The summed E-state index contributed by atoms with van der Waals surface area (Å²) < 4.78 is 0. The molecule has 0 spiro atoms. The molecule has 0 aromatic heterocycles. The minimum absolute atomic E-state index is 0. The summed E-state index contributed by atoms with van der Waals surface area (Å²) in [6.07, 6.45) is 0. The number of phenols is 1. The summed E-state index contributed by atoms with van der Waals surface area (Å²) >= 11 is 0. The van der Waals surface area contributed by atoms with E-state index in [9.17, 15) is 0 Å². The molecule has 0 aliphatic carbocycles. The van der Waals surface area contributed by atoms with Crippen LogP contribution in [0, 0.1) is 37.7 Å². The zero-order valence-corrected chi connectivity index (χ0v) is 6.89. The third-order valence-electron chi connectivity index (χ3n) is 0.756. The van der Waals surface area contributed by atoms with Gasteiger partial charge < -0.3 is 5.11 Å². The Morgan fingerprint density at radius 2 is 1.40 bits per heavy atom. The molecule has 0 amide bonds. The molecule has 1 aromatic rings. The molecule has 10 heavy (non-hydrogen) atoms. The Balaban J connectivity index is 0. The first-order valence-electron chi connectivity index (χ1n) is 3.13. The van der Waals surface area contributed by atoms with Crippen molar-refractivity contribution in [1.29, 1.82) is 0 Å². The largest absolute Gasteiger partial charge is 0.508 e. The molecule has 0 unspecified atom stereocenters. The second kappa shape index (κ2) is 9.28. The molecular weight excluding hydrogens is 152 g/mol. The van der Waals surface area contributed by atoms with Crippen molar-refractivity contribution in [3.05, 3.63) is 30.3 Å². The summed E-state index contributed by atoms with van der Waals surface area (Å²) in [5, 5.41) is 8.63. The monoisotopic (exact) mass is 164 g/mol. The van der Waals surface area contributed by atoms with E-state index in [1.165, 1.54) is 0 Å². The SMILES string of the molecule is CC.Oc1ccccc1.[Ar]. The van der Waals surface area contributed by atoms with Gasteiger partial charge in [0, 0.05) is 37.7 Å². The molecule has 0 heterocycles. The predicted molar refractivity (Wildman–Crippen MR) is 39.5 cm³/mol. The van der Waals surface area contributed by atoms with Gasteiger partial charge in [0.05, 0.1) is 0 Å². The fourth-order valence-electron chi connectivity index (χ4n) is 0.428. The molecule has 0 aliphatic heterocycles. The smallest absolute Gasteiger partial charge is 0.115 e. The van der Waals surface area contributed by atoms with Crippen LogP contribution in [0.4, 0.5) is 0 Å². The summed E-state index contributed by atoms with van der Waals surface area (Å²) in [6, 6.07) is 8.71. The summed E-state index contributed by atoms with van der Waals surface area (Å²) in [5.41, 5.74) is 0. The maximum absolute atomic E-state index is 8.63. The van der Waals surface area contributed by atoms with Crippen LogP contribution in [0.2, 0.25) is 0 Å². The summed E-state index contributed by atoms with van der Waals surface area (Å²) in [5.74, 6) is 0.322. The predicted octanol–water partition coefficient (Wildman–Crippen LogP) is 2.42. The molecule has 1 rings (SSSR count). The molecule has 0 fully saturated rings. The van der Waals surface area contributed by atoms with E-state index in [1.807, 2.05) is 19.9 Å². The second-order valence-corrected chi connectivity index (χ2v) is 1.34. The average Bonchev–Trinajstić information content (AvgIpc) is 1.94. The molecule has 0 saturated heterocycles. The minimum Gasteiger partial charge on any atom is -0.508 e. The van der Waals surface area contributed by atoms with E-state index in [1.54, 1.807) is 24.3 Å². The van der Waals surface area contributed by atoms with Crippen molar-refractivity contribution in [3.8, 4) is 5.75 Å². The van der Waals surface area contributed by atoms with Crippen LogP contribution in [-0.2, 0) is 0 Å². The number of benzene rings is 1. The molecule has 0 saturated carbocycles. The molecule has 0 radical (unpaired) electrons. The van der Waals surface area contributed by atoms with Gasteiger partial charge in [0.2, 0.25) is 0 Å². The van der Waals surface area contributed by atoms with E-state index < -0.39 is 0 Å². The van der Waals surface area contributed by atoms with Crippen LogP contribution in [0.3, 0.4) is 0 Å². The van der Waals surface area contributed by atoms with Crippen molar-refractivity contribution in [1.82, 2.24) is 0 Å². The fourth-order valence-corrected chi connectivity index (χ4v) is 0.428. The van der Waals surface area contributed by atoms with Crippen molar-refractivity contribution in [2.45, 2.75) is 13.8 Å². The number of para-hydroxylation sites is 1. The number of aromatic hydroxyl groups is 1. The molecule has 1 nitrogen and oxygen atoms in total. The molecule has 0 bridgehead atoms. The maximum atomic E-state index is 8.63. The van der Waals surface area contributed by atoms with Crippen LogP contribution in [0.25, 0.3) is 0 Å². The zero-order valence-electron chi connectivity index (χ0n) is 6.19. The van der Waals surface area contributed by atoms with Crippen LogP contribution < -0.4 is 0 Å². The molecule has 1 N–H and O–H groups in total. The van der Waals surface area contributed by atoms with Crippen LogP contribution in [0.15, 0.2) is 30.3 Å². The van der Waals surface area contributed by atoms with Gasteiger partial charge in [-0.15, -0.1) is 0 Å². The molecule has 58 valence electrons. The van der Waals surface area contributed by atoms with Gasteiger partial charge in [0.25, 0.3) is 0 Å². The van der Waals surface area contributed by atoms with Crippen LogP contribution in [0.1, 0.15) is 13.8 Å². The molecule has 0 atom stereocenters. The standard InChI is InChI=1S/C6H6O.C2H6.Ar/c7-6-4-2-1-3-5-6;1-2;/h1-5,7H;1-2H3;. The van der Waals surface area contributed by atoms with Crippen LogP contribution >= 0.6 is 0 Å². The van der Waals surface area contributed by atoms with Crippen LogP contribution in [0.5, 0.6) is 5.75 Å².